The SMILES string of the molecule is [C-]#[N+]/C(C#N)=c1\c(C)c(C)/c(=C(/C#N)[N+]#[C-])c2n[se]nc12. The molecule has 1 aromatic carbocycles. The van der Waals surface area contributed by atoms with Gasteiger partial charge in [0.15, 0.2) is 0 Å². The second-order valence-corrected chi connectivity index (χ2v) is 5.21. The molecule has 98 valence electrons. The van der Waals surface area contributed by atoms with Gasteiger partial charge in [-0.3, -0.25) is 0 Å². The number of hydrogen-bond donors (Lipinski definition) is 0. The van der Waals surface area contributed by atoms with Crippen molar-refractivity contribution >= 4 is 37.4 Å². The van der Waals surface area contributed by atoms with Gasteiger partial charge in [0.25, 0.3) is 0 Å². The van der Waals surface area contributed by atoms with E-state index >= 15 is 0 Å². The number of benzene rings is 1. The minimum atomic E-state index is -0.392. The van der Waals surface area contributed by atoms with Crippen molar-refractivity contribution in [3.05, 3.63) is 44.4 Å². The zero-order valence-corrected chi connectivity index (χ0v) is 12.8. The van der Waals surface area contributed by atoms with E-state index in [1.165, 1.54) is 0 Å². The minimum absolute atomic E-state index is 0.0450. The molecule has 0 amide bonds. The number of hydrogen-bond acceptors (Lipinski definition) is 4. The van der Waals surface area contributed by atoms with Gasteiger partial charge >= 0.3 is 126 Å². The van der Waals surface area contributed by atoms with Crippen molar-refractivity contribution < 1.29 is 0 Å². The van der Waals surface area contributed by atoms with E-state index in [1.54, 1.807) is 13.8 Å². The monoisotopic (exact) mass is 338 g/mol. The summed E-state index contributed by atoms with van der Waals surface area (Å²) in [7, 11) is 0. The molecule has 0 spiro atoms. The topological polar surface area (TPSA) is 82.1 Å². The molecule has 1 heterocycles. The predicted octanol–water partition coefficient (Wildman–Crippen LogP) is 0.406. The third kappa shape index (κ3) is 2.08. The van der Waals surface area contributed by atoms with Crippen molar-refractivity contribution in [3.63, 3.8) is 0 Å². The number of fused-ring (bicyclic) bond motifs is 1. The Morgan fingerprint density at radius 3 is 1.62 bits per heavy atom. The molecule has 0 unspecified atom stereocenters. The molecule has 0 fully saturated rings. The summed E-state index contributed by atoms with van der Waals surface area (Å²) < 4.78 is 8.57. The molecule has 0 aliphatic rings. The van der Waals surface area contributed by atoms with Crippen LogP contribution < -0.4 is 10.4 Å². The van der Waals surface area contributed by atoms with Gasteiger partial charge in [0.05, 0.1) is 0 Å². The van der Waals surface area contributed by atoms with Crippen LogP contribution >= 0.6 is 0 Å². The number of nitriles is 2. The molecule has 0 bridgehead atoms. The van der Waals surface area contributed by atoms with E-state index in [4.69, 9.17) is 23.7 Å². The van der Waals surface area contributed by atoms with Gasteiger partial charge in [-0.1, -0.05) is 0 Å². The number of nitrogens with zero attached hydrogens (tertiary/aromatic N) is 6. The van der Waals surface area contributed by atoms with Crippen molar-refractivity contribution in [1.82, 2.24) is 7.96 Å². The average molecular weight is 337 g/mol. The van der Waals surface area contributed by atoms with E-state index in [9.17, 15) is 0 Å². The van der Waals surface area contributed by atoms with Gasteiger partial charge in [0, 0.05) is 0 Å². The zero-order valence-electron chi connectivity index (χ0n) is 11.1. The molecular formula is C14H6N6Se. The maximum atomic E-state index is 9.12. The standard InChI is InChI=1S/C14H6N6Se/c1-7-8(2)12(10(6-16)18-4)14-13(19-21-20-14)11(7)9(5-15)17-3/h1-2H3/b11-9+,12-10+. The molecule has 6 nitrogen and oxygen atoms in total. The van der Waals surface area contributed by atoms with E-state index in [1.807, 2.05) is 12.1 Å². The van der Waals surface area contributed by atoms with Gasteiger partial charge in [-0.15, -0.1) is 0 Å². The summed E-state index contributed by atoms with van der Waals surface area (Å²) in [6, 6.07) is 3.76. The average Bonchev–Trinajstić information content (AvgIpc) is 2.96. The van der Waals surface area contributed by atoms with Crippen molar-refractivity contribution in [1.29, 1.82) is 10.5 Å². The van der Waals surface area contributed by atoms with Gasteiger partial charge in [-0.2, -0.15) is 0 Å². The molecule has 0 aliphatic carbocycles. The summed E-state index contributed by atoms with van der Waals surface area (Å²) in [5, 5.41) is 19.2. The van der Waals surface area contributed by atoms with Crippen LogP contribution in [0.3, 0.4) is 0 Å². The quantitative estimate of drug-likeness (QED) is 0.515. The molecule has 0 N–H and O–H groups in total. The maximum absolute atomic E-state index is 9.12. The van der Waals surface area contributed by atoms with Crippen LogP contribution in [0.5, 0.6) is 0 Å². The van der Waals surface area contributed by atoms with E-state index in [2.05, 4.69) is 17.6 Å². The van der Waals surface area contributed by atoms with Gasteiger partial charge in [-0.05, 0) is 0 Å². The fourth-order valence-corrected chi connectivity index (χ4v) is 3.27. The van der Waals surface area contributed by atoms with Gasteiger partial charge < -0.3 is 0 Å². The van der Waals surface area contributed by atoms with Crippen LogP contribution in [0.15, 0.2) is 0 Å². The molecule has 7 heteroatoms. The predicted molar refractivity (Wildman–Crippen MR) is 76.4 cm³/mol. The van der Waals surface area contributed by atoms with Crippen molar-refractivity contribution in [3.8, 4) is 12.1 Å². The molecule has 2 aromatic rings. The van der Waals surface area contributed by atoms with Crippen LogP contribution in [0.1, 0.15) is 11.1 Å². The van der Waals surface area contributed by atoms with E-state index < -0.39 is 15.0 Å². The molecule has 2 rings (SSSR count). The number of aromatic nitrogens is 2. The Kier molecular flexibility index (Phi) is 3.84. The summed E-state index contributed by atoms with van der Waals surface area (Å²) in [6.07, 6.45) is 0. The van der Waals surface area contributed by atoms with Crippen LogP contribution in [0.4, 0.5) is 0 Å². The summed E-state index contributed by atoms with van der Waals surface area (Å²) >= 11 is -0.392. The Labute approximate surface area is 126 Å². The Morgan fingerprint density at radius 2 is 1.33 bits per heavy atom. The second-order valence-electron chi connectivity index (χ2n) is 4.11. The first-order chi connectivity index (χ1) is 10.1. The fourth-order valence-electron chi connectivity index (χ4n) is 2.10. The van der Waals surface area contributed by atoms with Gasteiger partial charge in [-0.25, -0.2) is 0 Å². The van der Waals surface area contributed by atoms with E-state index in [0.29, 0.717) is 32.6 Å². The Hall–Kier alpha value is -2.96. The number of rotatable bonds is 0. The molecule has 21 heavy (non-hydrogen) atoms. The summed E-state index contributed by atoms with van der Waals surface area (Å²) in [6.45, 7) is 17.8. The first-order valence-electron chi connectivity index (χ1n) is 5.65. The molecule has 0 radical (unpaired) electrons. The summed E-state index contributed by atoms with van der Waals surface area (Å²) in [5.41, 5.74) is 2.19. The molecule has 0 saturated carbocycles. The van der Waals surface area contributed by atoms with Crippen molar-refractivity contribution in [2.75, 3.05) is 0 Å². The van der Waals surface area contributed by atoms with E-state index in [0.717, 1.165) is 0 Å². The first-order valence-corrected chi connectivity index (χ1v) is 7.19. The second kappa shape index (κ2) is 5.58. The Bertz CT molecular complexity index is 931. The van der Waals surface area contributed by atoms with E-state index in [-0.39, 0.29) is 11.4 Å². The Balaban J connectivity index is 3.37. The third-order valence-electron chi connectivity index (χ3n) is 3.18. The van der Waals surface area contributed by atoms with Crippen LogP contribution in [-0.4, -0.2) is 22.9 Å². The van der Waals surface area contributed by atoms with Crippen molar-refractivity contribution in [2.45, 2.75) is 13.8 Å². The molecule has 0 saturated heterocycles. The molecule has 1 aromatic heterocycles. The van der Waals surface area contributed by atoms with Crippen LogP contribution in [0.2, 0.25) is 0 Å². The van der Waals surface area contributed by atoms with Crippen LogP contribution in [0, 0.1) is 49.7 Å². The third-order valence-corrected chi connectivity index (χ3v) is 4.29. The fraction of sp³-hybridized carbons (Fsp3) is 0.143. The Morgan fingerprint density at radius 1 is 0.952 bits per heavy atom. The van der Waals surface area contributed by atoms with Gasteiger partial charge in [0.2, 0.25) is 0 Å². The molecule has 0 aliphatic heterocycles. The zero-order chi connectivity index (χ0) is 15.6. The summed E-state index contributed by atoms with van der Waals surface area (Å²) in [4.78, 5) is 6.50. The summed E-state index contributed by atoms with van der Waals surface area (Å²) in [5.74, 6) is 0. The normalized spacial score (nSPS) is 12.7. The van der Waals surface area contributed by atoms with Crippen LogP contribution in [-0.2, 0) is 0 Å². The molecular weight excluding hydrogens is 331 g/mol. The molecule has 0 atom stereocenters. The van der Waals surface area contributed by atoms with Crippen LogP contribution in [0.25, 0.3) is 32.1 Å². The van der Waals surface area contributed by atoms with Gasteiger partial charge in [0.1, 0.15) is 0 Å². The first kappa shape index (κ1) is 14.4. The van der Waals surface area contributed by atoms with Crippen molar-refractivity contribution in [2.24, 2.45) is 0 Å².